The number of para-hydroxylation sites is 1. The molecule has 1 aromatic heterocycles. The monoisotopic (exact) mass is 341 g/mol. The molecule has 0 spiro atoms. The van der Waals surface area contributed by atoms with Gasteiger partial charge >= 0.3 is 0 Å². The van der Waals surface area contributed by atoms with Crippen LogP contribution in [0.2, 0.25) is 0 Å². The maximum absolute atomic E-state index is 5.49. The molecule has 5 nitrogen and oxygen atoms in total. The minimum absolute atomic E-state index is 0.721. The second kappa shape index (κ2) is 7.68. The Labute approximate surface area is 149 Å². The largest absolute Gasteiger partial charge is 0.494 e. The van der Waals surface area contributed by atoms with Crippen LogP contribution in [0.5, 0.6) is 5.75 Å². The summed E-state index contributed by atoms with van der Waals surface area (Å²) in [5.74, 6) is 0.851. The van der Waals surface area contributed by atoms with Crippen LogP contribution < -0.4 is 4.74 Å². The summed E-state index contributed by atoms with van der Waals surface area (Å²) in [6, 6.07) is 11.1. The lowest BCUT2D eigenvalue weighted by atomic mass is 10.1. The molecule has 3 heterocycles. The first-order valence-electron chi connectivity index (χ1n) is 9.30. The van der Waals surface area contributed by atoms with Gasteiger partial charge < -0.3 is 9.47 Å². The lowest BCUT2D eigenvalue weighted by Gasteiger charge is -2.40. The number of hydrogen-bond donors (Lipinski definition) is 0. The average Bonchev–Trinajstić information content (AvgIpc) is 2.69. The van der Waals surface area contributed by atoms with Gasteiger partial charge in [0, 0.05) is 57.4 Å². The van der Waals surface area contributed by atoms with E-state index in [0.717, 1.165) is 74.3 Å². The predicted molar refractivity (Wildman–Crippen MR) is 99.0 cm³/mol. The zero-order valence-electron chi connectivity index (χ0n) is 15.0. The van der Waals surface area contributed by atoms with E-state index in [4.69, 9.17) is 14.5 Å². The summed E-state index contributed by atoms with van der Waals surface area (Å²) in [6.45, 7) is 7.30. The van der Waals surface area contributed by atoms with E-state index in [1.54, 1.807) is 7.11 Å². The number of benzene rings is 1. The van der Waals surface area contributed by atoms with Crippen molar-refractivity contribution >= 4 is 10.9 Å². The fourth-order valence-corrected chi connectivity index (χ4v) is 3.98. The molecule has 2 aromatic rings. The van der Waals surface area contributed by atoms with E-state index in [2.05, 4.69) is 28.0 Å². The highest BCUT2D eigenvalue weighted by atomic mass is 16.5. The Kier molecular flexibility index (Phi) is 5.15. The fraction of sp³-hybridized carbons (Fsp3) is 0.550. The molecule has 2 fully saturated rings. The van der Waals surface area contributed by atoms with Crippen LogP contribution in [0.1, 0.15) is 18.5 Å². The molecule has 2 aliphatic rings. The van der Waals surface area contributed by atoms with E-state index in [1.807, 2.05) is 12.1 Å². The molecule has 0 unspecified atom stereocenters. The Hall–Kier alpha value is -1.69. The van der Waals surface area contributed by atoms with Crippen molar-refractivity contribution in [3.63, 3.8) is 0 Å². The van der Waals surface area contributed by atoms with Gasteiger partial charge in [-0.25, -0.2) is 4.98 Å². The van der Waals surface area contributed by atoms with E-state index in [1.165, 1.54) is 12.8 Å². The van der Waals surface area contributed by atoms with Crippen LogP contribution >= 0.6 is 0 Å². The molecule has 2 aliphatic heterocycles. The van der Waals surface area contributed by atoms with E-state index >= 15 is 0 Å². The van der Waals surface area contributed by atoms with Gasteiger partial charge in [0.1, 0.15) is 11.3 Å². The van der Waals surface area contributed by atoms with Crippen LogP contribution in [0.4, 0.5) is 0 Å². The molecule has 0 bridgehead atoms. The SMILES string of the molecule is COc1cccc2ccc(CN3CCN(C4CCOCC4)CC3)nc12. The summed E-state index contributed by atoms with van der Waals surface area (Å²) in [4.78, 5) is 10.0. The molecular formula is C20H27N3O2. The minimum Gasteiger partial charge on any atom is -0.494 e. The van der Waals surface area contributed by atoms with Gasteiger partial charge in [0.25, 0.3) is 0 Å². The van der Waals surface area contributed by atoms with Gasteiger partial charge in [-0.05, 0) is 25.0 Å². The second-order valence-electron chi connectivity index (χ2n) is 6.99. The van der Waals surface area contributed by atoms with Crippen LogP contribution in [0.3, 0.4) is 0 Å². The molecule has 5 heteroatoms. The van der Waals surface area contributed by atoms with Gasteiger partial charge in [-0.2, -0.15) is 0 Å². The molecule has 4 rings (SSSR count). The zero-order valence-corrected chi connectivity index (χ0v) is 15.0. The van der Waals surface area contributed by atoms with Gasteiger partial charge in [0.05, 0.1) is 12.8 Å². The van der Waals surface area contributed by atoms with Gasteiger partial charge in [-0.15, -0.1) is 0 Å². The molecule has 0 N–H and O–H groups in total. The quantitative estimate of drug-likeness (QED) is 0.854. The van der Waals surface area contributed by atoms with Crippen LogP contribution in [-0.2, 0) is 11.3 Å². The summed E-state index contributed by atoms with van der Waals surface area (Å²) < 4.78 is 10.9. The summed E-state index contributed by atoms with van der Waals surface area (Å²) in [5.41, 5.74) is 2.08. The number of piperazine rings is 1. The van der Waals surface area contributed by atoms with Crippen molar-refractivity contribution in [3.8, 4) is 5.75 Å². The predicted octanol–water partition coefficient (Wildman–Crippen LogP) is 2.54. The summed E-state index contributed by atoms with van der Waals surface area (Å²) in [5, 5.41) is 1.13. The number of ether oxygens (including phenoxy) is 2. The van der Waals surface area contributed by atoms with Gasteiger partial charge in [0.15, 0.2) is 0 Å². The molecule has 0 amide bonds. The average molecular weight is 341 g/mol. The van der Waals surface area contributed by atoms with Crippen LogP contribution in [-0.4, -0.2) is 67.3 Å². The maximum Gasteiger partial charge on any atom is 0.145 e. The number of nitrogens with zero attached hydrogens (tertiary/aromatic N) is 3. The third-order valence-electron chi connectivity index (χ3n) is 5.46. The highest BCUT2D eigenvalue weighted by molar-refractivity contribution is 5.84. The standard InChI is InChI=1S/C20H27N3O2/c1-24-19-4-2-3-16-5-6-17(21-20(16)19)15-22-9-11-23(12-10-22)18-7-13-25-14-8-18/h2-6,18H,7-15H2,1H3. The molecule has 2 saturated heterocycles. The van der Waals surface area contributed by atoms with Crippen LogP contribution in [0.15, 0.2) is 30.3 Å². The third-order valence-corrected chi connectivity index (χ3v) is 5.46. The molecular weight excluding hydrogens is 314 g/mol. The van der Waals surface area contributed by atoms with E-state index in [9.17, 15) is 0 Å². The summed E-state index contributed by atoms with van der Waals surface area (Å²) in [7, 11) is 1.71. The van der Waals surface area contributed by atoms with E-state index < -0.39 is 0 Å². The van der Waals surface area contributed by atoms with E-state index in [0.29, 0.717) is 0 Å². The normalized spacial score (nSPS) is 20.8. The van der Waals surface area contributed by atoms with Crippen molar-refractivity contribution < 1.29 is 9.47 Å². The Bertz CT molecular complexity index is 707. The third kappa shape index (κ3) is 3.78. The van der Waals surface area contributed by atoms with Crippen LogP contribution in [0.25, 0.3) is 10.9 Å². The number of methoxy groups -OCH3 is 1. The van der Waals surface area contributed by atoms with Gasteiger partial charge in [0.2, 0.25) is 0 Å². The smallest absolute Gasteiger partial charge is 0.145 e. The number of fused-ring (bicyclic) bond motifs is 1. The highest BCUT2D eigenvalue weighted by Gasteiger charge is 2.25. The summed E-state index contributed by atoms with van der Waals surface area (Å²) in [6.07, 6.45) is 2.37. The molecule has 0 saturated carbocycles. The first-order valence-corrected chi connectivity index (χ1v) is 9.30. The minimum atomic E-state index is 0.721. The molecule has 25 heavy (non-hydrogen) atoms. The lowest BCUT2D eigenvalue weighted by Crippen LogP contribution is -2.51. The Morgan fingerprint density at radius 2 is 1.88 bits per heavy atom. The Morgan fingerprint density at radius 1 is 1.08 bits per heavy atom. The van der Waals surface area contributed by atoms with Crippen molar-refractivity contribution in [1.82, 2.24) is 14.8 Å². The fourth-order valence-electron chi connectivity index (χ4n) is 3.98. The molecule has 0 aliphatic carbocycles. The van der Waals surface area contributed by atoms with Crippen molar-refractivity contribution in [2.45, 2.75) is 25.4 Å². The first-order chi connectivity index (χ1) is 12.3. The van der Waals surface area contributed by atoms with E-state index in [-0.39, 0.29) is 0 Å². The number of rotatable bonds is 4. The van der Waals surface area contributed by atoms with Gasteiger partial charge in [-0.1, -0.05) is 18.2 Å². The highest BCUT2D eigenvalue weighted by Crippen LogP contribution is 2.24. The topological polar surface area (TPSA) is 37.8 Å². The van der Waals surface area contributed by atoms with Crippen molar-refractivity contribution in [1.29, 1.82) is 0 Å². The second-order valence-corrected chi connectivity index (χ2v) is 6.99. The first kappa shape index (κ1) is 16.8. The van der Waals surface area contributed by atoms with Crippen molar-refractivity contribution in [2.75, 3.05) is 46.5 Å². The number of hydrogen-bond acceptors (Lipinski definition) is 5. The van der Waals surface area contributed by atoms with Gasteiger partial charge in [-0.3, -0.25) is 9.80 Å². The maximum atomic E-state index is 5.49. The Morgan fingerprint density at radius 3 is 2.64 bits per heavy atom. The molecule has 0 radical (unpaired) electrons. The molecule has 0 atom stereocenters. The number of pyridine rings is 1. The van der Waals surface area contributed by atoms with Crippen molar-refractivity contribution in [3.05, 3.63) is 36.0 Å². The van der Waals surface area contributed by atoms with Crippen LogP contribution in [0, 0.1) is 0 Å². The lowest BCUT2D eigenvalue weighted by molar-refractivity contribution is 0.0124. The Balaban J connectivity index is 1.39. The van der Waals surface area contributed by atoms with Crippen molar-refractivity contribution in [2.24, 2.45) is 0 Å². The molecule has 1 aromatic carbocycles. The molecule has 134 valence electrons. The summed E-state index contributed by atoms with van der Waals surface area (Å²) >= 11 is 0. The zero-order chi connectivity index (χ0) is 17.1. The number of aromatic nitrogens is 1.